The summed E-state index contributed by atoms with van der Waals surface area (Å²) in [6, 6.07) is 4.64. The van der Waals surface area contributed by atoms with Crippen molar-refractivity contribution in [3.05, 3.63) is 39.3 Å². The Balaban J connectivity index is 2.45. The molecule has 98 valence electrons. The monoisotopic (exact) mass is 385 g/mol. The van der Waals surface area contributed by atoms with Crippen molar-refractivity contribution in [2.75, 3.05) is 7.11 Å². The van der Waals surface area contributed by atoms with Crippen LogP contribution in [0.25, 0.3) is 0 Å². The van der Waals surface area contributed by atoms with Crippen LogP contribution in [0.3, 0.4) is 0 Å². The molecule has 0 aliphatic heterocycles. The van der Waals surface area contributed by atoms with E-state index in [4.69, 9.17) is 4.74 Å². The Morgan fingerprint density at radius 2 is 1.84 bits per heavy atom. The molecule has 0 spiro atoms. The number of ether oxygens (including phenoxy) is 1. The molecule has 1 aliphatic carbocycles. The normalized spacial score (nSPS) is 14.9. The number of methoxy groups -OCH3 is 1. The lowest BCUT2D eigenvalue weighted by Gasteiger charge is -2.08. The standard InChI is InChI=1S/C13H9Br2NO3/c1-19-12-6-8(17)2-3-11(12)16-7-4-9(14)13(18)10(15)5-7/h2-6,17H,1H3. The molecular weight excluding hydrogens is 378 g/mol. The van der Waals surface area contributed by atoms with Crippen molar-refractivity contribution in [2.24, 2.45) is 4.99 Å². The van der Waals surface area contributed by atoms with Gasteiger partial charge in [0.05, 0.1) is 21.8 Å². The first-order valence-electron chi connectivity index (χ1n) is 5.26. The summed E-state index contributed by atoms with van der Waals surface area (Å²) < 4.78 is 6.00. The number of nitrogens with zero attached hydrogens (tertiary/aromatic N) is 1. The molecule has 0 fully saturated rings. The van der Waals surface area contributed by atoms with Crippen molar-refractivity contribution >= 4 is 49.0 Å². The number of carbonyl (C=O) groups excluding carboxylic acids is 1. The second kappa shape index (κ2) is 5.71. The lowest BCUT2D eigenvalue weighted by molar-refractivity contribution is -0.110. The number of benzene rings is 1. The van der Waals surface area contributed by atoms with Crippen LogP contribution in [-0.2, 0) is 4.79 Å². The van der Waals surface area contributed by atoms with Gasteiger partial charge in [0.25, 0.3) is 0 Å². The molecule has 0 bridgehead atoms. The highest BCUT2D eigenvalue weighted by molar-refractivity contribution is 9.13. The molecule has 0 saturated heterocycles. The minimum atomic E-state index is -0.128. The number of hydrogen-bond acceptors (Lipinski definition) is 4. The van der Waals surface area contributed by atoms with E-state index < -0.39 is 0 Å². The summed E-state index contributed by atoms with van der Waals surface area (Å²) in [4.78, 5) is 15.9. The molecule has 0 atom stereocenters. The highest BCUT2D eigenvalue weighted by Gasteiger charge is 2.17. The molecule has 0 saturated carbocycles. The van der Waals surface area contributed by atoms with Crippen molar-refractivity contribution < 1.29 is 14.6 Å². The smallest absolute Gasteiger partial charge is 0.207 e. The lowest BCUT2D eigenvalue weighted by Crippen LogP contribution is -2.07. The number of carbonyl (C=O) groups is 1. The van der Waals surface area contributed by atoms with Gasteiger partial charge in [-0.2, -0.15) is 0 Å². The number of rotatable bonds is 2. The van der Waals surface area contributed by atoms with Crippen LogP contribution in [0.5, 0.6) is 11.5 Å². The number of hydrogen-bond donors (Lipinski definition) is 1. The Morgan fingerprint density at radius 1 is 1.21 bits per heavy atom. The Kier molecular flexibility index (Phi) is 4.21. The van der Waals surface area contributed by atoms with Crippen LogP contribution in [0, 0.1) is 0 Å². The molecule has 19 heavy (non-hydrogen) atoms. The number of aromatic hydroxyl groups is 1. The third kappa shape index (κ3) is 3.13. The Hall–Kier alpha value is -1.40. The summed E-state index contributed by atoms with van der Waals surface area (Å²) >= 11 is 6.37. The number of aliphatic imine (C=N–C) groups is 1. The van der Waals surface area contributed by atoms with Gasteiger partial charge in [0.1, 0.15) is 17.2 Å². The third-order valence-electron chi connectivity index (χ3n) is 2.40. The van der Waals surface area contributed by atoms with Crippen molar-refractivity contribution in [2.45, 2.75) is 0 Å². The summed E-state index contributed by atoms with van der Waals surface area (Å²) in [7, 11) is 1.50. The Labute approximate surface area is 126 Å². The van der Waals surface area contributed by atoms with E-state index >= 15 is 0 Å². The zero-order chi connectivity index (χ0) is 14.0. The summed E-state index contributed by atoms with van der Waals surface area (Å²) in [5, 5.41) is 9.38. The van der Waals surface area contributed by atoms with Crippen molar-refractivity contribution in [1.29, 1.82) is 0 Å². The average molecular weight is 387 g/mol. The first-order valence-corrected chi connectivity index (χ1v) is 6.84. The van der Waals surface area contributed by atoms with Gasteiger partial charge in [-0.1, -0.05) is 0 Å². The Bertz CT molecular complexity index is 609. The second-order valence-corrected chi connectivity index (χ2v) is 5.42. The number of phenolic OH excluding ortho intramolecular Hbond substituents is 1. The van der Waals surface area contributed by atoms with Crippen molar-refractivity contribution in [3.8, 4) is 11.5 Å². The largest absolute Gasteiger partial charge is 0.508 e. The van der Waals surface area contributed by atoms with Crippen LogP contribution in [0.4, 0.5) is 5.69 Å². The van der Waals surface area contributed by atoms with Crippen LogP contribution in [0.1, 0.15) is 0 Å². The number of ketones is 1. The van der Waals surface area contributed by atoms with Crippen molar-refractivity contribution in [3.63, 3.8) is 0 Å². The first kappa shape index (κ1) is 14.0. The van der Waals surface area contributed by atoms with Crippen molar-refractivity contribution in [1.82, 2.24) is 0 Å². The average Bonchev–Trinajstić information content (AvgIpc) is 2.38. The zero-order valence-corrected chi connectivity index (χ0v) is 13.0. The van der Waals surface area contributed by atoms with E-state index in [0.29, 0.717) is 26.1 Å². The minimum Gasteiger partial charge on any atom is -0.508 e. The molecule has 0 heterocycles. The van der Waals surface area contributed by atoms with Gasteiger partial charge in [0.2, 0.25) is 5.78 Å². The maximum Gasteiger partial charge on any atom is 0.207 e. The van der Waals surface area contributed by atoms with E-state index in [0.717, 1.165) is 0 Å². The number of allylic oxidation sites excluding steroid dienone is 4. The topological polar surface area (TPSA) is 58.9 Å². The molecule has 1 aliphatic rings. The van der Waals surface area contributed by atoms with Crippen LogP contribution >= 0.6 is 31.9 Å². The molecule has 0 unspecified atom stereocenters. The van der Waals surface area contributed by atoms with E-state index in [1.807, 2.05) is 0 Å². The van der Waals surface area contributed by atoms with Crippen LogP contribution in [0.2, 0.25) is 0 Å². The van der Waals surface area contributed by atoms with E-state index in [2.05, 4.69) is 36.9 Å². The maximum atomic E-state index is 11.5. The van der Waals surface area contributed by atoms with Gasteiger partial charge in [-0.05, 0) is 56.1 Å². The second-order valence-electron chi connectivity index (χ2n) is 3.71. The number of Topliss-reactive ketones (excluding diaryl/α,β-unsaturated/α-hetero) is 1. The molecule has 1 aromatic rings. The lowest BCUT2D eigenvalue weighted by atomic mass is 10.1. The van der Waals surface area contributed by atoms with E-state index in [9.17, 15) is 9.90 Å². The first-order chi connectivity index (χ1) is 9.01. The van der Waals surface area contributed by atoms with Gasteiger partial charge >= 0.3 is 0 Å². The third-order valence-corrected chi connectivity index (χ3v) is 3.57. The molecule has 0 amide bonds. The maximum absolute atomic E-state index is 11.5. The molecule has 6 heteroatoms. The highest BCUT2D eigenvalue weighted by Crippen LogP contribution is 2.32. The molecular formula is C13H9Br2NO3. The fourth-order valence-electron chi connectivity index (χ4n) is 1.51. The van der Waals surface area contributed by atoms with Gasteiger partial charge in [-0.15, -0.1) is 0 Å². The molecule has 0 radical (unpaired) electrons. The van der Waals surface area contributed by atoms with Crippen LogP contribution < -0.4 is 4.74 Å². The summed E-state index contributed by atoms with van der Waals surface area (Å²) in [6.07, 6.45) is 3.25. The number of phenols is 1. The SMILES string of the molecule is COc1cc(O)ccc1N=C1C=C(Br)C(=O)C(Br)=C1. The van der Waals surface area contributed by atoms with Gasteiger partial charge < -0.3 is 9.84 Å². The van der Waals surface area contributed by atoms with E-state index in [-0.39, 0.29) is 11.5 Å². The molecule has 4 nitrogen and oxygen atoms in total. The summed E-state index contributed by atoms with van der Waals surface area (Å²) in [5.41, 5.74) is 1.17. The van der Waals surface area contributed by atoms with Gasteiger partial charge in [-0.25, -0.2) is 4.99 Å². The minimum absolute atomic E-state index is 0.105. The quantitative estimate of drug-likeness (QED) is 0.789. The predicted molar refractivity (Wildman–Crippen MR) is 80.8 cm³/mol. The van der Waals surface area contributed by atoms with Crippen LogP contribution in [0.15, 0.2) is 44.3 Å². The van der Waals surface area contributed by atoms with Crippen LogP contribution in [-0.4, -0.2) is 23.7 Å². The summed E-state index contributed by atoms with van der Waals surface area (Å²) in [5.74, 6) is 0.433. The van der Waals surface area contributed by atoms with Gasteiger partial charge in [0.15, 0.2) is 0 Å². The fraction of sp³-hybridized carbons (Fsp3) is 0.0769. The predicted octanol–water partition coefficient (Wildman–Crippen LogP) is 3.61. The summed E-state index contributed by atoms with van der Waals surface area (Å²) in [6.45, 7) is 0. The highest BCUT2D eigenvalue weighted by atomic mass is 79.9. The molecule has 1 aromatic carbocycles. The van der Waals surface area contributed by atoms with Gasteiger partial charge in [0, 0.05) is 6.07 Å². The number of halogens is 2. The molecule has 2 rings (SSSR count). The van der Waals surface area contributed by atoms with Gasteiger partial charge in [-0.3, -0.25) is 4.79 Å². The van der Waals surface area contributed by atoms with E-state index in [1.54, 1.807) is 18.2 Å². The Morgan fingerprint density at radius 3 is 2.42 bits per heavy atom. The van der Waals surface area contributed by atoms with E-state index in [1.165, 1.54) is 19.2 Å². The zero-order valence-electron chi connectivity index (χ0n) is 9.85. The molecule has 0 aromatic heterocycles. The fourth-order valence-corrected chi connectivity index (χ4v) is 2.67. The molecule has 1 N–H and O–H groups in total.